The van der Waals surface area contributed by atoms with Crippen molar-refractivity contribution in [2.45, 2.75) is 19.5 Å². The van der Waals surface area contributed by atoms with E-state index in [9.17, 15) is 9.59 Å². The first kappa shape index (κ1) is 17.4. The van der Waals surface area contributed by atoms with Gasteiger partial charge in [0.15, 0.2) is 0 Å². The second kappa shape index (κ2) is 8.50. The minimum atomic E-state index is -0.600. The quantitative estimate of drug-likeness (QED) is 0.829. The molecule has 1 rings (SSSR count). The minimum absolute atomic E-state index is 0. The van der Waals surface area contributed by atoms with Gasteiger partial charge in [-0.1, -0.05) is 30.3 Å². The molecule has 106 valence electrons. The normalized spacial score (nSPS) is 11.1. The standard InChI is InChI=1S/C13H19N3O2.ClH/c1-10(14)13(18)15-8-12(17)16(2)9-11-6-4-3-5-7-11;/h3-7,10H,8-9,14H2,1-2H3,(H,15,18);1H/t10-;/m1./s1. The smallest absolute Gasteiger partial charge is 0.242 e. The largest absolute Gasteiger partial charge is 0.346 e. The first-order valence-electron chi connectivity index (χ1n) is 5.82. The van der Waals surface area contributed by atoms with Crippen LogP contribution in [0.2, 0.25) is 0 Å². The van der Waals surface area contributed by atoms with E-state index >= 15 is 0 Å². The molecule has 0 fully saturated rings. The summed E-state index contributed by atoms with van der Waals surface area (Å²) in [6.45, 7) is 2.07. The van der Waals surface area contributed by atoms with Crippen molar-refractivity contribution in [1.29, 1.82) is 0 Å². The van der Waals surface area contributed by atoms with E-state index in [1.54, 1.807) is 18.9 Å². The Labute approximate surface area is 119 Å². The van der Waals surface area contributed by atoms with Gasteiger partial charge in [-0.15, -0.1) is 12.4 Å². The summed E-state index contributed by atoms with van der Waals surface area (Å²) >= 11 is 0. The van der Waals surface area contributed by atoms with Crippen molar-refractivity contribution in [1.82, 2.24) is 10.2 Å². The van der Waals surface area contributed by atoms with E-state index in [-0.39, 0.29) is 30.8 Å². The zero-order valence-corrected chi connectivity index (χ0v) is 11.9. The van der Waals surface area contributed by atoms with Gasteiger partial charge in [0.25, 0.3) is 0 Å². The lowest BCUT2D eigenvalue weighted by atomic mass is 10.2. The fraction of sp³-hybridized carbons (Fsp3) is 0.385. The first-order chi connectivity index (χ1) is 8.50. The summed E-state index contributed by atoms with van der Waals surface area (Å²) < 4.78 is 0. The van der Waals surface area contributed by atoms with Crippen LogP contribution in [0.25, 0.3) is 0 Å². The third-order valence-electron chi connectivity index (χ3n) is 2.52. The highest BCUT2D eigenvalue weighted by Crippen LogP contribution is 2.02. The molecule has 1 aromatic rings. The molecule has 0 spiro atoms. The first-order valence-corrected chi connectivity index (χ1v) is 5.82. The number of hydrogen-bond acceptors (Lipinski definition) is 3. The molecule has 0 aliphatic carbocycles. The predicted octanol–water partition coefficient (Wildman–Crippen LogP) is 0.530. The second-order valence-electron chi connectivity index (χ2n) is 4.24. The molecule has 1 atom stereocenters. The van der Waals surface area contributed by atoms with E-state index in [1.165, 1.54) is 0 Å². The second-order valence-corrected chi connectivity index (χ2v) is 4.24. The maximum atomic E-state index is 11.7. The summed E-state index contributed by atoms with van der Waals surface area (Å²) in [6, 6.07) is 9.07. The van der Waals surface area contributed by atoms with Gasteiger partial charge in [0.05, 0.1) is 12.6 Å². The number of carbonyl (C=O) groups excluding carboxylic acids is 2. The summed E-state index contributed by atoms with van der Waals surface area (Å²) in [5.74, 6) is -0.468. The maximum Gasteiger partial charge on any atom is 0.242 e. The number of halogens is 1. The molecule has 0 aromatic heterocycles. The molecule has 1 aromatic carbocycles. The minimum Gasteiger partial charge on any atom is -0.346 e. The monoisotopic (exact) mass is 285 g/mol. The van der Waals surface area contributed by atoms with Crippen LogP contribution in [0.1, 0.15) is 12.5 Å². The number of hydrogen-bond donors (Lipinski definition) is 2. The fourth-order valence-electron chi connectivity index (χ4n) is 1.40. The van der Waals surface area contributed by atoms with Crippen LogP contribution < -0.4 is 11.1 Å². The Bertz CT molecular complexity index is 410. The Hall–Kier alpha value is -1.59. The third kappa shape index (κ3) is 6.22. The van der Waals surface area contributed by atoms with Gasteiger partial charge in [0, 0.05) is 13.6 Å². The Morgan fingerprint density at radius 1 is 1.32 bits per heavy atom. The van der Waals surface area contributed by atoms with Gasteiger partial charge in [0.1, 0.15) is 0 Å². The molecule has 0 aliphatic heterocycles. The van der Waals surface area contributed by atoms with Crippen LogP contribution >= 0.6 is 12.4 Å². The van der Waals surface area contributed by atoms with Crippen molar-refractivity contribution >= 4 is 24.2 Å². The van der Waals surface area contributed by atoms with Crippen LogP contribution in [0.3, 0.4) is 0 Å². The summed E-state index contributed by atoms with van der Waals surface area (Å²) in [7, 11) is 1.70. The number of carbonyl (C=O) groups is 2. The van der Waals surface area contributed by atoms with Gasteiger partial charge in [0.2, 0.25) is 11.8 Å². The molecule has 0 heterocycles. The van der Waals surface area contributed by atoms with Gasteiger partial charge in [-0.05, 0) is 12.5 Å². The molecule has 0 unspecified atom stereocenters. The molecule has 0 bridgehead atoms. The van der Waals surface area contributed by atoms with Crippen LogP contribution in [0.4, 0.5) is 0 Å². The molecule has 3 N–H and O–H groups in total. The highest BCUT2D eigenvalue weighted by atomic mass is 35.5. The highest BCUT2D eigenvalue weighted by molar-refractivity contribution is 5.87. The molecular weight excluding hydrogens is 266 g/mol. The third-order valence-corrected chi connectivity index (χ3v) is 2.52. The topological polar surface area (TPSA) is 75.4 Å². The van der Waals surface area contributed by atoms with Gasteiger partial charge >= 0.3 is 0 Å². The molecule has 6 heteroatoms. The number of likely N-dealkylation sites (N-methyl/N-ethyl adjacent to an activating group) is 1. The molecule has 0 saturated heterocycles. The predicted molar refractivity (Wildman–Crippen MR) is 76.8 cm³/mol. The van der Waals surface area contributed by atoms with Crippen molar-refractivity contribution in [3.05, 3.63) is 35.9 Å². The zero-order chi connectivity index (χ0) is 13.5. The number of nitrogens with one attached hydrogen (secondary N) is 1. The van der Waals surface area contributed by atoms with Crippen molar-refractivity contribution in [2.24, 2.45) is 5.73 Å². The molecule has 0 radical (unpaired) electrons. The number of benzene rings is 1. The highest BCUT2D eigenvalue weighted by Gasteiger charge is 2.12. The molecule has 0 aliphatic rings. The van der Waals surface area contributed by atoms with E-state index < -0.39 is 6.04 Å². The van der Waals surface area contributed by atoms with Crippen molar-refractivity contribution in [2.75, 3.05) is 13.6 Å². The number of nitrogens with zero attached hydrogens (tertiary/aromatic N) is 1. The Balaban J connectivity index is 0.00000324. The van der Waals surface area contributed by atoms with Crippen molar-refractivity contribution in [3.8, 4) is 0 Å². The summed E-state index contributed by atoms with van der Waals surface area (Å²) in [6.07, 6.45) is 0. The van der Waals surface area contributed by atoms with E-state index in [2.05, 4.69) is 5.32 Å². The average molecular weight is 286 g/mol. The number of rotatable bonds is 5. The van der Waals surface area contributed by atoms with Crippen LogP contribution in [-0.2, 0) is 16.1 Å². The van der Waals surface area contributed by atoms with Gasteiger partial charge in [-0.2, -0.15) is 0 Å². The SMILES string of the molecule is C[C@@H](N)C(=O)NCC(=O)N(C)Cc1ccccc1.Cl. The van der Waals surface area contributed by atoms with Crippen molar-refractivity contribution in [3.63, 3.8) is 0 Å². The van der Waals surface area contributed by atoms with E-state index in [1.807, 2.05) is 30.3 Å². The summed E-state index contributed by atoms with van der Waals surface area (Å²) in [4.78, 5) is 24.5. The van der Waals surface area contributed by atoms with Crippen LogP contribution in [0.5, 0.6) is 0 Å². The summed E-state index contributed by atoms with van der Waals surface area (Å²) in [5, 5.41) is 2.49. The van der Waals surface area contributed by atoms with E-state index in [0.29, 0.717) is 6.54 Å². The Morgan fingerprint density at radius 3 is 2.42 bits per heavy atom. The van der Waals surface area contributed by atoms with Gasteiger partial charge in [-0.25, -0.2) is 0 Å². The fourth-order valence-corrected chi connectivity index (χ4v) is 1.40. The lowest BCUT2D eigenvalue weighted by Gasteiger charge is -2.18. The van der Waals surface area contributed by atoms with E-state index in [4.69, 9.17) is 5.73 Å². The zero-order valence-electron chi connectivity index (χ0n) is 11.1. The number of amides is 2. The van der Waals surface area contributed by atoms with Crippen LogP contribution in [0, 0.1) is 0 Å². The molecule has 2 amide bonds. The van der Waals surface area contributed by atoms with Gasteiger partial charge in [-0.3, -0.25) is 9.59 Å². The van der Waals surface area contributed by atoms with Crippen molar-refractivity contribution < 1.29 is 9.59 Å². The molecule has 0 saturated carbocycles. The van der Waals surface area contributed by atoms with E-state index in [0.717, 1.165) is 5.56 Å². The lowest BCUT2D eigenvalue weighted by Crippen LogP contribution is -2.43. The maximum absolute atomic E-state index is 11.7. The Kier molecular flexibility index (Phi) is 7.79. The molecular formula is C13H20ClN3O2. The molecule has 19 heavy (non-hydrogen) atoms. The lowest BCUT2D eigenvalue weighted by molar-refractivity contribution is -0.132. The summed E-state index contributed by atoms with van der Waals surface area (Å²) in [5.41, 5.74) is 6.43. The van der Waals surface area contributed by atoms with Crippen LogP contribution in [0.15, 0.2) is 30.3 Å². The van der Waals surface area contributed by atoms with Crippen LogP contribution in [-0.4, -0.2) is 36.3 Å². The molecule has 5 nitrogen and oxygen atoms in total. The van der Waals surface area contributed by atoms with Gasteiger partial charge < -0.3 is 16.0 Å². The average Bonchev–Trinajstić information content (AvgIpc) is 2.36. The Morgan fingerprint density at radius 2 is 1.89 bits per heavy atom. The number of nitrogens with two attached hydrogens (primary N) is 1.